The fourth-order valence-electron chi connectivity index (χ4n) is 3.41. The van der Waals surface area contributed by atoms with Crippen LogP contribution >= 0.6 is 0 Å². The summed E-state index contributed by atoms with van der Waals surface area (Å²) in [6.07, 6.45) is 2.17. The molecule has 2 aromatic carbocycles. The van der Waals surface area contributed by atoms with E-state index >= 15 is 0 Å². The Labute approximate surface area is 168 Å². The molecule has 29 heavy (non-hydrogen) atoms. The Kier molecular flexibility index (Phi) is 5.92. The van der Waals surface area contributed by atoms with Gasteiger partial charge in [-0.3, -0.25) is 15.0 Å². The maximum absolute atomic E-state index is 10.9. The van der Waals surface area contributed by atoms with Gasteiger partial charge in [-0.25, -0.2) is 0 Å². The largest absolute Gasteiger partial charge is 0.373 e. The quantitative estimate of drug-likeness (QED) is 0.444. The van der Waals surface area contributed by atoms with Crippen LogP contribution < -0.4 is 0 Å². The Hall–Kier alpha value is -3.10. The molecule has 0 unspecified atom stereocenters. The van der Waals surface area contributed by atoms with Crippen molar-refractivity contribution in [3.63, 3.8) is 0 Å². The highest BCUT2D eigenvalue weighted by Crippen LogP contribution is 2.22. The number of hydrogen-bond acceptors (Lipinski definition) is 7. The lowest BCUT2D eigenvalue weighted by Crippen LogP contribution is -2.36. The maximum atomic E-state index is 10.9. The third kappa shape index (κ3) is 5.04. The molecule has 1 aliphatic rings. The second kappa shape index (κ2) is 8.93. The van der Waals surface area contributed by atoms with Crippen molar-refractivity contribution >= 4 is 5.69 Å². The first kappa shape index (κ1) is 19.2. The lowest BCUT2D eigenvalue weighted by Gasteiger charge is -2.30. The SMILES string of the molecule is O=[N+]([O-])c1cccc(-c2noc(CN3CCC(OCc4ccccc4)CC3)n2)c1. The van der Waals surface area contributed by atoms with Crippen molar-refractivity contribution < 1.29 is 14.2 Å². The van der Waals surface area contributed by atoms with E-state index in [1.54, 1.807) is 12.1 Å². The molecule has 3 aromatic rings. The highest BCUT2D eigenvalue weighted by atomic mass is 16.6. The number of rotatable bonds is 7. The number of nitro benzene ring substituents is 1. The Morgan fingerprint density at radius 1 is 1.14 bits per heavy atom. The molecule has 0 bridgehead atoms. The molecular weight excluding hydrogens is 372 g/mol. The summed E-state index contributed by atoms with van der Waals surface area (Å²) in [7, 11) is 0. The second-order valence-corrected chi connectivity index (χ2v) is 7.09. The van der Waals surface area contributed by atoms with Gasteiger partial charge in [0.15, 0.2) is 0 Å². The third-order valence-corrected chi connectivity index (χ3v) is 5.01. The van der Waals surface area contributed by atoms with Gasteiger partial charge in [0.05, 0.1) is 24.2 Å². The molecule has 1 aliphatic heterocycles. The number of non-ortho nitro benzene ring substituents is 1. The molecule has 8 nitrogen and oxygen atoms in total. The van der Waals surface area contributed by atoms with Crippen LogP contribution in [-0.4, -0.2) is 39.2 Å². The number of ether oxygens (including phenoxy) is 1. The number of piperidine rings is 1. The zero-order chi connectivity index (χ0) is 20.1. The van der Waals surface area contributed by atoms with E-state index in [1.165, 1.54) is 17.7 Å². The summed E-state index contributed by atoms with van der Waals surface area (Å²) in [6.45, 7) is 3.00. The van der Waals surface area contributed by atoms with Crippen LogP contribution in [0.25, 0.3) is 11.4 Å². The smallest absolute Gasteiger partial charge is 0.270 e. The molecular formula is C21H22N4O4. The Balaban J connectivity index is 1.28. The number of nitro groups is 1. The van der Waals surface area contributed by atoms with Crippen LogP contribution in [0.3, 0.4) is 0 Å². The number of nitrogens with zero attached hydrogens (tertiary/aromatic N) is 4. The average Bonchev–Trinajstić information content (AvgIpc) is 3.23. The topological polar surface area (TPSA) is 94.5 Å². The molecule has 150 valence electrons. The van der Waals surface area contributed by atoms with Crippen LogP contribution in [0.2, 0.25) is 0 Å². The molecule has 0 aliphatic carbocycles. The van der Waals surface area contributed by atoms with Gasteiger partial charge >= 0.3 is 0 Å². The molecule has 2 heterocycles. The van der Waals surface area contributed by atoms with Gasteiger partial charge in [0.1, 0.15) is 0 Å². The Morgan fingerprint density at radius 2 is 1.93 bits per heavy atom. The average molecular weight is 394 g/mol. The van der Waals surface area contributed by atoms with Gasteiger partial charge in [-0.15, -0.1) is 0 Å². The molecule has 1 saturated heterocycles. The van der Waals surface area contributed by atoms with Crippen molar-refractivity contribution in [1.82, 2.24) is 15.0 Å². The fraction of sp³-hybridized carbons (Fsp3) is 0.333. The van der Waals surface area contributed by atoms with Gasteiger partial charge in [-0.1, -0.05) is 47.6 Å². The third-order valence-electron chi connectivity index (χ3n) is 5.01. The highest BCUT2D eigenvalue weighted by molar-refractivity contribution is 5.58. The number of aromatic nitrogens is 2. The molecule has 0 atom stereocenters. The molecule has 1 fully saturated rings. The predicted octanol–water partition coefficient (Wildman–Crippen LogP) is 3.83. The van der Waals surface area contributed by atoms with Crippen LogP contribution in [-0.2, 0) is 17.9 Å². The lowest BCUT2D eigenvalue weighted by atomic mass is 10.1. The van der Waals surface area contributed by atoms with Crippen LogP contribution in [0.5, 0.6) is 0 Å². The Morgan fingerprint density at radius 3 is 2.69 bits per heavy atom. The first-order chi connectivity index (χ1) is 14.2. The summed E-state index contributed by atoms with van der Waals surface area (Å²) >= 11 is 0. The monoisotopic (exact) mass is 394 g/mol. The number of likely N-dealkylation sites (tertiary alicyclic amines) is 1. The minimum absolute atomic E-state index is 0.00595. The molecule has 0 amide bonds. The highest BCUT2D eigenvalue weighted by Gasteiger charge is 2.22. The molecule has 0 N–H and O–H groups in total. The summed E-state index contributed by atoms with van der Waals surface area (Å²) in [5.41, 5.74) is 1.77. The van der Waals surface area contributed by atoms with Gasteiger partial charge in [0, 0.05) is 30.8 Å². The molecule has 4 rings (SSSR count). The van der Waals surface area contributed by atoms with Crippen molar-refractivity contribution in [1.29, 1.82) is 0 Å². The second-order valence-electron chi connectivity index (χ2n) is 7.09. The van der Waals surface area contributed by atoms with Crippen LogP contribution in [0.1, 0.15) is 24.3 Å². The van der Waals surface area contributed by atoms with Crippen molar-refractivity contribution in [3.8, 4) is 11.4 Å². The zero-order valence-electron chi connectivity index (χ0n) is 15.9. The molecule has 1 aromatic heterocycles. The van der Waals surface area contributed by atoms with Crippen molar-refractivity contribution in [2.24, 2.45) is 0 Å². The van der Waals surface area contributed by atoms with E-state index in [9.17, 15) is 10.1 Å². The summed E-state index contributed by atoms with van der Waals surface area (Å²) in [5, 5.41) is 14.9. The molecule has 8 heteroatoms. The van der Waals surface area contributed by atoms with E-state index in [-0.39, 0.29) is 11.8 Å². The van der Waals surface area contributed by atoms with Gasteiger partial charge in [0.2, 0.25) is 11.7 Å². The first-order valence-corrected chi connectivity index (χ1v) is 9.62. The molecule has 0 radical (unpaired) electrons. The predicted molar refractivity (Wildman–Crippen MR) is 106 cm³/mol. The van der Waals surface area contributed by atoms with Crippen molar-refractivity contribution in [2.45, 2.75) is 32.1 Å². The van der Waals surface area contributed by atoms with Crippen molar-refractivity contribution in [3.05, 3.63) is 76.2 Å². The summed E-state index contributed by atoms with van der Waals surface area (Å²) < 4.78 is 11.4. The van der Waals surface area contributed by atoms with Crippen molar-refractivity contribution in [2.75, 3.05) is 13.1 Å². The van der Waals surface area contributed by atoms with Crippen LogP contribution in [0.15, 0.2) is 59.1 Å². The van der Waals surface area contributed by atoms with Gasteiger partial charge in [-0.2, -0.15) is 4.98 Å². The van der Waals surface area contributed by atoms with E-state index in [1.807, 2.05) is 18.2 Å². The summed E-state index contributed by atoms with van der Waals surface area (Å²) in [6, 6.07) is 16.4. The van der Waals surface area contributed by atoms with Gasteiger partial charge < -0.3 is 9.26 Å². The number of benzene rings is 2. The van der Waals surface area contributed by atoms with Crippen LogP contribution in [0.4, 0.5) is 5.69 Å². The van der Waals surface area contributed by atoms with E-state index in [0.717, 1.165) is 25.9 Å². The van der Waals surface area contributed by atoms with Gasteiger partial charge in [-0.05, 0) is 18.4 Å². The zero-order valence-corrected chi connectivity index (χ0v) is 15.9. The Bertz CT molecular complexity index is 952. The summed E-state index contributed by atoms with van der Waals surface area (Å²) in [5.74, 6) is 0.875. The van der Waals surface area contributed by atoms with E-state index in [0.29, 0.717) is 30.4 Å². The maximum Gasteiger partial charge on any atom is 0.270 e. The standard InChI is InChI=1S/C21H22N4O4/c26-25(27)18-8-4-7-17(13-18)21-22-20(29-23-21)14-24-11-9-19(10-12-24)28-15-16-5-2-1-3-6-16/h1-8,13,19H,9-12,14-15H2. The number of hydrogen-bond donors (Lipinski definition) is 0. The first-order valence-electron chi connectivity index (χ1n) is 9.62. The van der Waals surface area contributed by atoms with E-state index in [4.69, 9.17) is 9.26 Å². The van der Waals surface area contributed by atoms with E-state index < -0.39 is 4.92 Å². The minimum Gasteiger partial charge on any atom is -0.373 e. The molecule has 0 saturated carbocycles. The summed E-state index contributed by atoms with van der Waals surface area (Å²) in [4.78, 5) is 17.1. The van der Waals surface area contributed by atoms with Gasteiger partial charge in [0.25, 0.3) is 5.69 Å². The lowest BCUT2D eigenvalue weighted by molar-refractivity contribution is -0.384. The normalized spacial score (nSPS) is 15.4. The van der Waals surface area contributed by atoms with E-state index in [2.05, 4.69) is 27.2 Å². The fourth-order valence-corrected chi connectivity index (χ4v) is 3.41. The molecule has 0 spiro atoms. The van der Waals surface area contributed by atoms with Crippen LogP contribution in [0, 0.1) is 10.1 Å². The minimum atomic E-state index is -0.436.